The Morgan fingerprint density at radius 3 is 2.63 bits per heavy atom. The number of nitrogens with two attached hydrogens (primary N) is 1. The maximum Gasteiger partial charge on any atom is 0.258 e. The maximum absolute atomic E-state index is 12.5. The first-order chi connectivity index (χ1) is 14.4. The number of nitrogen functional groups attached to an aromatic ring is 1. The lowest BCUT2D eigenvalue weighted by atomic mass is 9.86. The monoisotopic (exact) mass is 406 g/mol. The number of nitrogens with zero attached hydrogens (tertiary/aromatic N) is 1. The molecule has 1 atom stereocenters. The Morgan fingerprint density at radius 1 is 1.13 bits per heavy atom. The van der Waals surface area contributed by atoms with Gasteiger partial charge in [-0.05, 0) is 30.2 Å². The Balaban J connectivity index is 1.64. The third kappa shape index (κ3) is 3.84. The van der Waals surface area contributed by atoms with Crippen LogP contribution in [-0.4, -0.2) is 23.0 Å². The van der Waals surface area contributed by atoms with E-state index in [1.54, 1.807) is 19.2 Å². The van der Waals surface area contributed by atoms with Crippen molar-refractivity contribution in [1.29, 1.82) is 0 Å². The molecule has 0 spiro atoms. The molecular formula is C22H22N4O4. The summed E-state index contributed by atoms with van der Waals surface area (Å²) in [5.74, 6) is 0.543. The Hall–Kier alpha value is -3.81. The lowest BCUT2D eigenvalue weighted by Gasteiger charge is -2.25. The Labute approximate surface area is 173 Å². The molecule has 154 valence electrons. The zero-order chi connectivity index (χ0) is 21.3. The minimum absolute atomic E-state index is 0.0443. The summed E-state index contributed by atoms with van der Waals surface area (Å²) < 4.78 is 11.4. The van der Waals surface area contributed by atoms with E-state index in [2.05, 4.69) is 15.3 Å². The summed E-state index contributed by atoms with van der Waals surface area (Å²) in [4.78, 5) is 31.2. The number of aromatic nitrogens is 2. The van der Waals surface area contributed by atoms with Gasteiger partial charge in [0, 0.05) is 12.3 Å². The number of rotatable bonds is 5. The quantitative estimate of drug-likeness (QED) is 0.599. The van der Waals surface area contributed by atoms with Crippen LogP contribution in [0.1, 0.15) is 34.6 Å². The van der Waals surface area contributed by atoms with Crippen LogP contribution in [0.2, 0.25) is 0 Å². The van der Waals surface area contributed by atoms with E-state index < -0.39 is 5.92 Å². The molecule has 0 unspecified atom stereocenters. The molecule has 0 fully saturated rings. The highest BCUT2D eigenvalue weighted by molar-refractivity contribution is 5.94. The number of fused-ring (bicyclic) bond motifs is 1. The van der Waals surface area contributed by atoms with Crippen LogP contribution in [0.3, 0.4) is 0 Å². The van der Waals surface area contributed by atoms with E-state index in [1.807, 2.05) is 37.3 Å². The van der Waals surface area contributed by atoms with Gasteiger partial charge in [0.2, 0.25) is 11.9 Å². The van der Waals surface area contributed by atoms with Crippen LogP contribution in [0.15, 0.2) is 47.3 Å². The largest absolute Gasteiger partial charge is 0.493 e. The highest BCUT2D eigenvalue weighted by Gasteiger charge is 2.31. The highest BCUT2D eigenvalue weighted by Crippen LogP contribution is 2.38. The molecule has 30 heavy (non-hydrogen) atoms. The molecule has 1 amide bonds. The molecule has 8 nitrogen and oxygen atoms in total. The fraction of sp³-hybridized carbons (Fsp3) is 0.227. The van der Waals surface area contributed by atoms with Gasteiger partial charge in [-0.15, -0.1) is 0 Å². The number of carbonyl (C=O) groups excluding carboxylic acids is 1. The Bertz CT molecular complexity index is 1150. The number of nitrogens with one attached hydrogen (secondary N) is 2. The molecule has 0 bridgehead atoms. The number of ether oxygens (including phenoxy) is 2. The van der Waals surface area contributed by atoms with Crippen molar-refractivity contribution in [1.82, 2.24) is 9.97 Å². The van der Waals surface area contributed by atoms with Gasteiger partial charge in [-0.1, -0.05) is 35.9 Å². The van der Waals surface area contributed by atoms with Gasteiger partial charge in [0.15, 0.2) is 11.5 Å². The van der Waals surface area contributed by atoms with Crippen molar-refractivity contribution in [2.45, 2.75) is 25.9 Å². The van der Waals surface area contributed by atoms with Crippen LogP contribution >= 0.6 is 0 Å². The number of benzene rings is 2. The first-order valence-corrected chi connectivity index (χ1v) is 9.50. The summed E-state index contributed by atoms with van der Waals surface area (Å²) in [5, 5.41) is 2.62. The fourth-order valence-corrected chi connectivity index (χ4v) is 3.54. The normalized spacial score (nSPS) is 15.3. The second-order valence-corrected chi connectivity index (χ2v) is 7.20. The van der Waals surface area contributed by atoms with E-state index in [0.29, 0.717) is 23.7 Å². The number of amides is 1. The lowest BCUT2D eigenvalue weighted by molar-refractivity contribution is -0.116. The fourth-order valence-electron chi connectivity index (χ4n) is 3.54. The predicted molar refractivity (Wildman–Crippen MR) is 113 cm³/mol. The molecule has 1 aliphatic heterocycles. The molecular weight excluding hydrogens is 384 g/mol. The second kappa shape index (κ2) is 7.90. The average Bonchev–Trinajstić information content (AvgIpc) is 2.72. The third-order valence-corrected chi connectivity index (χ3v) is 5.07. The molecule has 1 aromatic heterocycles. The number of H-pyrrole nitrogens is 1. The molecule has 2 heterocycles. The standard InChI is InChI=1S/C22H22N4O4/c1-12-3-5-13(6-4-12)11-30-16-8-7-14(9-17(16)29-2)15-10-18(27)24-20-19(15)21(28)26-22(23)25-20/h3-9,15H,10-11H2,1-2H3,(H4,23,24,25,26,27,28)/t15-/m0/s1. The molecule has 3 aromatic rings. The van der Waals surface area contributed by atoms with Crippen molar-refractivity contribution in [3.8, 4) is 11.5 Å². The minimum Gasteiger partial charge on any atom is -0.493 e. The number of aryl methyl sites for hydroxylation is 1. The highest BCUT2D eigenvalue weighted by atomic mass is 16.5. The number of aromatic amines is 1. The van der Waals surface area contributed by atoms with Crippen molar-refractivity contribution in [3.63, 3.8) is 0 Å². The average molecular weight is 406 g/mol. The summed E-state index contributed by atoms with van der Waals surface area (Å²) >= 11 is 0. The van der Waals surface area contributed by atoms with E-state index in [1.165, 1.54) is 5.56 Å². The van der Waals surface area contributed by atoms with Crippen molar-refractivity contribution in [2.24, 2.45) is 0 Å². The number of methoxy groups -OCH3 is 1. The number of anilines is 2. The van der Waals surface area contributed by atoms with Gasteiger partial charge in [0.25, 0.3) is 5.56 Å². The summed E-state index contributed by atoms with van der Waals surface area (Å²) in [6.45, 7) is 2.43. The number of carbonyl (C=O) groups is 1. The van der Waals surface area contributed by atoms with Crippen molar-refractivity contribution >= 4 is 17.7 Å². The first-order valence-electron chi connectivity index (χ1n) is 9.50. The zero-order valence-electron chi connectivity index (χ0n) is 16.7. The van der Waals surface area contributed by atoms with Crippen LogP contribution in [0, 0.1) is 6.92 Å². The number of hydrogen-bond acceptors (Lipinski definition) is 6. The summed E-state index contributed by atoms with van der Waals surface area (Å²) in [6.07, 6.45) is 0.119. The van der Waals surface area contributed by atoms with Crippen molar-refractivity contribution < 1.29 is 14.3 Å². The van der Waals surface area contributed by atoms with E-state index in [9.17, 15) is 9.59 Å². The van der Waals surface area contributed by atoms with Gasteiger partial charge in [0.05, 0.1) is 12.7 Å². The molecule has 0 saturated carbocycles. The predicted octanol–water partition coefficient (Wildman–Crippen LogP) is 2.72. The summed E-state index contributed by atoms with van der Waals surface area (Å²) in [6, 6.07) is 13.5. The van der Waals surface area contributed by atoms with E-state index in [0.717, 1.165) is 11.1 Å². The topological polar surface area (TPSA) is 119 Å². The van der Waals surface area contributed by atoms with Gasteiger partial charge in [-0.25, -0.2) is 0 Å². The Kier molecular flexibility index (Phi) is 5.14. The molecule has 0 saturated heterocycles. The maximum atomic E-state index is 12.5. The van der Waals surface area contributed by atoms with Crippen LogP contribution in [0.4, 0.5) is 11.8 Å². The van der Waals surface area contributed by atoms with Gasteiger partial charge >= 0.3 is 0 Å². The van der Waals surface area contributed by atoms with E-state index >= 15 is 0 Å². The minimum atomic E-state index is -0.467. The van der Waals surface area contributed by atoms with Gasteiger partial charge in [0.1, 0.15) is 12.4 Å². The van der Waals surface area contributed by atoms with Crippen LogP contribution < -0.4 is 26.1 Å². The molecule has 2 aromatic carbocycles. The second-order valence-electron chi connectivity index (χ2n) is 7.20. The summed E-state index contributed by atoms with van der Waals surface area (Å²) in [7, 11) is 1.55. The summed E-state index contributed by atoms with van der Waals surface area (Å²) in [5.41, 5.74) is 8.59. The van der Waals surface area contributed by atoms with Crippen LogP contribution in [-0.2, 0) is 11.4 Å². The van der Waals surface area contributed by atoms with E-state index in [-0.39, 0.29) is 29.7 Å². The molecule has 4 N–H and O–H groups in total. The lowest BCUT2D eigenvalue weighted by Crippen LogP contribution is -2.31. The van der Waals surface area contributed by atoms with Crippen LogP contribution in [0.25, 0.3) is 0 Å². The Morgan fingerprint density at radius 2 is 1.90 bits per heavy atom. The SMILES string of the molecule is COc1cc([C@@H]2CC(=O)Nc3nc(N)[nH]c(=O)c32)ccc1OCc1ccc(C)cc1. The van der Waals surface area contributed by atoms with Crippen LogP contribution in [0.5, 0.6) is 11.5 Å². The third-order valence-electron chi connectivity index (χ3n) is 5.07. The molecule has 0 aliphatic carbocycles. The first kappa shape index (κ1) is 19.5. The zero-order valence-corrected chi connectivity index (χ0v) is 16.7. The molecule has 4 rings (SSSR count). The molecule has 8 heteroatoms. The smallest absolute Gasteiger partial charge is 0.258 e. The van der Waals surface area contributed by atoms with Crippen molar-refractivity contribution in [3.05, 3.63) is 75.1 Å². The van der Waals surface area contributed by atoms with E-state index in [4.69, 9.17) is 15.2 Å². The molecule has 1 aliphatic rings. The van der Waals surface area contributed by atoms with Crippen molar-refractivity contribution in [2.75, 3.05) is 18.2 Å². The van der Waals surface area contributed by atoms with Gasteiger partial charge < -0.3 is 20.5 Å². The van der Waals surface area contributed by atoms with Gasteiger partial charge in [-0.2, -0.15) is 4.98 Å². The number of hydrogen-bond donors (Lipinski definition) is 3. The molecule has 0 radical (unpaired) electrons. The van der Waals surface area contributed by atoms with Gasteiger partial charge in [-0.3, -0.25) is 14.6 Å².